The van der Waals surface area contributed by atoms with E-state index < -0.39 is 0 Å². The van der Waals surface area contributed by atoms with Gasteiger partial charge in [-0.05, 0) is 32.6 Å². The van der Waals surface area contributed by atoms with Crippen molar-refractivity contribution in [2.75, 3.05) is 26.7 Å². The van der Waals surface area contributed by atoms with E-state index in [0.717, 1.165) is 19.5 Å². The van der Waals surface area contributed by atoms with E-state index >= 15 is 0 Å². The van der Waals surface area contributed by atoms with Gasteiger partial charge < -0.3 is 15.0 Å². The Bertz CT molecular complexity index is 288. The second kappa shape index (κ2) is 6.02. The molecule has 2 fully saturated rings. The molecule has 1 atom stereocenters. The summed E-state index contributed by atoms with van der Waals surface area (Å²) in [6.45, 7) is 3.99. The molecule has 0 bridgehead atoms. The van der Waals surface area contributed by atoms with E-state index in [9.17, 15) is 4.79 Å². The molecule has 1 aliphatic heterocycles. The Morgan fingerprint density at radius 1 is 1.39 bits per heavy atom. The maximum absolute atomic E-state index is 11.6. The van der Waals surface area contributed by atoms with Gasteiger partial charge in [0.1, 0.15) is 0 Å². The second-order valence-electron chi connectivity index (χ2n) is 5.71. The van der Waals surface area contributed by atoms with Gasteiger partial charge in [-0.15, -0.1) is 0 Å². The predicted molar refractivity (Wildman–Crippen MR) is 71.5 cm³/mol. The third kappa shape index (κ3) is 3.23. The molecule has 2 rings (SSSR count). The number of rotatable bonds is 5. The van der Waals surface area contributed by atoms with Crippen LogP contribution in [0, 0.1) is 0 Å². The van der Waals surface area contributed by atoms with E-state index in [1.807, 2.05) is 14.0 Å². The van der Waals surface area contributed by atoms with Crippen LogP contribution in [0.4, 0.5) is 0 Å². The van der Waals surface area contributed by atoms with Crippen LogP contribution in [0.5, 0.6) is 0 Å². The fourth-order valence-electron chi connectivity index (χ4n) is 3.08. The minimum Gasteiger partial charge on any atom is -0.370 e. The Balaban J connectivity index is 1.65. The maximum atomic E-state index is 11.6. The molecule has 2 aliphatic rings. The molecule has 1 heterocycles. The molecule has 104 valence electrons. The third-order valence-electron chi connectivity index (χ3n) is 4.40. The Morgan fingerprint density at radius 2 is 2.11 bits per heavy atom. The molecular formula is C14H26N2O2. The van der Waals surface area contributed by atoms with Crippen LogP contribution in [0.25, 0.3) is 0 Å². The lowest BCUT2D eigenvalue weighted by Gasteiger charge is -2.24. The summed E-state index contributed by atoms with van der Waals surface area (Å²) in [4.78, 5) is 13.4. The summed E-state index contributed by atoms with van der Waals surface area (Å²) in [7, 11) is 1.84. The van der Waals surface area contributed by atoms with Crippen molar-refractivity contribution in [2.24, 2.45) is 0 Å². The monoisotopic (exact) mass is 254 g/mol. The van der Waals surface area contributed by atoms with E-state index in [0.29, 0.717) is 12.6 Å². The second-order valence-corrected chi connectivity index (χ2v) is 5.71. The first-order chi connectivity index (χ1) is 8.65. The van der Waals surface area contributed by atoms with E-state index in [1.54, 1.807) is 4.90 Å². The number of amides is 1. The molecule has 0 aromatic heterocycles. The number of hydrogen-bond donors (Lipinski definition) is 1. The molecule has 1 saturated heterocycles. The van der Waals surface area contributed by atoms with Crippen molar-refractivity contribution >= 4 is 5.91 Å². The number of carbonyl (C=O) groups excluding carboxylic acids is 1. The molecule has 1 unspecified atom stereocenters. The van der Waals surface area contributed by atoms with Gasteiger partial charge in [-0.1, -0.05) is 12.8 Å². The highest BCUT2D eigenvalue weighted by molar-refractivity contribution is 5.77. The molecular weight excluding hydrogens is 228 g/mol. The summed E-state index contributed by atoms with van der Waals surface area (Å²) < 4.78 is 6.19. The first-order valence-corrected chi connectivity index (χ1v) is 7.28. The Kier molecular flexibility index (Phi) is 4.62. The van der Waals surface area contributed by atoms with Crippen LogP contribution in [-0.4, -0.2) is 49.2 Å². The summed E-state index contributed by atoms with van der Waals surface area (Å²) in [5.41, 5.74) is 0.205. The summed E-state index contributed by atoms with van der Waals surface area (Å²) in [5, 5.41) is 3.23. The average Bonchev–Trinajstić information content (AvgIpc) is 2.99. The zero-order valence-corrected chi connectivity index (χ0v) is 11.7. The van der Waals surface area contributed by atoms with E-state index in [-0.39, 0.29) is 11.5 Å². The van der Waals surface area contributed by atoms with Crippen molar-refractivity contribution < 1.29 is 9.53 Å². The highest BCUT2D eigenvalue weighted by Gasteiger charge is 2.41. The quantitative estimate of drug-likeness (QED) is 0.809. The lowest BCUT2D eigenvalue weighted by atomic mass is 9.98. The molecule has 1 amide bonds. The van der Waals surface area contributed by atoms with Crippen LogP contribution in [0.3, 0.4) is 0 Å². The Morgan fingerprint density at radius 3 is 2.78 bits per heavy atom. The number of hydrogen-bond acceptors (Lipinski definition) is 3. The van der Waals surface area contributed by atoms with E-state index in [1.165, 1.54) is 32.1 Å². The number of nitrogens with one attached hydrogen (secondary N) is 1. The number of ether oxygens (including phenoxy) is 1. The Labute approximate surface area is 110 Å². The summed E-state index contributed by atoms with van der Waals surface area (Å²) >= 11 is 0. The van der Waals surface area contributed by atoms with Gasteiger partial charge in [-0.2, -0.15) is 0 Å². The highest BCUT2D eigenvalue weighted by Crippen LogP contribution is 2.43. The van der Waals surface area contributed by atoms with Crippen LogP contribution in [0.1, 0.15) is 45.4 Å². The minimum atomic E-state index is 0.158. The van der Waals surface area contributed by atoms with Gasteiger partial charge in [0.25, 0.3) is 0 Å². The van der Waals surface area contributed by atoms with Crippen molar-refractivity contribution in [3.05, 3.63) is 0 Å². The standard InChI is InChI=1S/C14H26N2O2/c1-3-16(2)13(17)11-15-10-12-6-9-14(18-12)7-4-5-8-14/h12,15H,3-11H2,1-2H3. The summed E-state index contributed by atoms with van der Waals surface area (Å²) in [6, 6.07) is 0. The van der Waals surface area contributed by atoms with Gasteiger partial charge in [-0.3, -0.25) is 4.79 Å². The van der Waals surface area contributed by atoms with Crippen molar-refractivity contribution in [1.82, 2.24) is 10.2 Å². The lowest BCUT2D eigenvalue weighted by Crippen LogP contribution is -2.38. The van der Waals surface area contributed by atoms with Gasteiger partial charge in [0, 0.05) is 20.1 Å². The maximum Gasteiger partial charge on any atom is 0.236 e. The molecule has 4 heteroatoms. The van der Waals surface area contributed by atoms with Gasteiger partial charge >= 0.3 is 0 Å². The van der Waals surface area contributed by atoms with E-state index in [2.05, 4.69) is 5.32 Å². The lowest BCUT2D eigenvalue weighted by molar-refractivity contribution is -0.128. The first-order valence-electron chi connectivity index (χ1n) is 7.28. The van der Waals surface area contributed by atoms with Gasteiger partial charge in [0.2, 0.25) is 5.91 Å². The van der Waals surface area contributed by atoms with Crippen LogP contribution >= 0.6 is 0 Å². The molecule has 0 aromatic rings. The van der Waals surface area contributed by atoms with Crippen molar-refractivity contribution in [3.8, 4) is 0 Å². The van der Waals surface area contributed by atoms with Crippen molar-refractivity contribution in [1.29, 1.82) is 0 Å². The first kappa shape index (κ1) is 13.8. The van der Waals surface area contributed by atoms with Crippen molar-refractivity contribution in [3.63, 3.8) is 0 Å². The largest absolute Gasteiger partial charge is 0.370 e. The third-order valence-corrected chi connectivity index (χ3v) is 4.40. The number of nitrogens with zero attached hydrogens (tertiary/aromatic N) is 1. The molecule has 1 N–H and O–H groups in total. The summed E-state index contributed by atoms with van der Waals surface area (Å²) in [6.07, 6.45) is 7.78. The predicted octanol–water partition coefficient (Wildman–Crippen LogP) is 1.55. The molecule has 0 radical (unpaired) electrons. The fourth-order valence-corrected chi connectivity index (χ4v) is 3.08. The molecule has 4 nitrogen and oxygen atoms in total. The van der Waals surface area contributed by atoms with Gasteiger partial charge in [-0.25, -0.2) is 0 Å². The molecule has 18 heavy (non-hydrogen) atoms. The van der Waals surface area contributed by atoms with E-state index in [4.69, 9.17) is 4.74 Å². The highest BCUT2D eigenvalue weighted by atomic mass is 16.5. The van der Waals surface area contributed by atoms with Crippen molar-refractivity contribution in [2.45, 2.75) is 57.2 Å². The molecule has 0 aromatic carbocycles. The summed E-state index contributed by atoms with van der Waals surface area (Å²) in [5.74, 6) is 0.158. The Hall–Kier alpha value is -0.610. The normalized spacial score (nSPS) is 25.8. The van der Waals surface area contributed by atoms with Crippen LogP contribution < -0.4 is 5.32 Å². The number of likely N-dealkylation sites (N-methyl/N-ethyl adjacent to an activating group) is 1. The number of carbonyl (C=O) groups is 1. The van der Waals surface area contributed by atoms with Crippen LogP contribution in [-0.2, 0) is 9.53 Å². The zero-order chi connectivity index (χ0) is 13.0. The van der Waals surface area contributed by atoms with Crippen LogP contribution in [0.2, 0.25) is 0 Å². The minimum absolute atomic E-state index is 0.158. The average molecular weight is 254 g/mol. The van der Waals surface area contributed by atoms with Gasteiger partial charge in [0.15, 0.2) is 0 Å². The fraction of sp³-hybridized carbons (Fsp3) is 0.929. The van der Waals surface area contributed by atoms with Gasteiger partial charge in [0.05, 0.1) is 18.2 Å². The van der Waals surface area contributed by atoms with Crippen LogP contribution in [0.15, 0.2) is 0 Å². The molecule has 1 spiro atoms. The smallest absolute Gasteiger partial charge is 0.236 e. The molecule has 1 saturated carbocycles. The SMILES string of the molecule is CCN(C)C(=O)CNCC1CCC2(CCCC2)O1. The topological polar surface area (TPSA) is 41.6 Å². The molecule has 1 aliphatic carbocycles. The zero-order valence-electron chi connectivity index (χ0n) is 11.7.